The summed E-state index contributed by atoms with van der Waals surface area (Å²) in [7, 11) is 0. The van der Waals surface area contributed by atoms with Crippen molar-refractivity contribution < 1.29 is 18.3 Å². The van der Waals surface area contributed by atoms with Crippen molar-refractivity contribution >= 4 is 31.5 Å². The summed E-state index contributed by atoms with van der Waals surface area (Å²) in [5, 5.41) is 1.46. The number of rotatable bonds is 7. The summed E-state index contributed by atoms with van der Waals surface area (Å²) in [6.07, 6.45) is 11.4. The minimum absolute atomic E-state index is 0.0857. The van der Waals surface area contributed by atoms with E-state index in [1.807, 2.05) is 12.1 Å². The maximum Gasteiger partial charge on any atom is 0.182 e. The van der Waals surface area contributed by atoms with Gasteiger partial charge in [0.25, 0.3) is 0 Å². The van der Waals surface area contributed by atoms with E-state index >= 15 is 8.78 Å². The lowest BCUT2D eigenvalue weighted by atomic mass is 9.80. The molecule has 0 bridgehead atoms. The fraction of sp³-hybridized carbons (Fsp3) is 0.519. The van der Waals surface area contributed by atoms with Gasteiger partial charge in [0.05, 0.1) is 22.1 Å². The Kier molecular flexibility index (Phi) is 6.54. The largest absolute Gasteiger partial charge is 0.490 e. The van der Waals surface area contributed by atoms with E-state index in [1.165, 1.54) is 31.6 Å². The third-order valence-electron chi connectivity index (χ3n) is 7.15. The molecule has 0 saturated heterocycles. The molecule has 0 spiro atoms. The van der Waals surface area contributed by atoms with E-state index in [-0.39, 0.29) is 29.2 Å². The van der Waals surface area contributed by atoms with Crippen molar-refractivity contribution in [2.75, 3.05) is 6.61 Å². The fourth-order valence-electron chi connectivity index (χ4n) is 5.30. The van der Waals surface area contributed by atoms with Crippen LogP contribution in [0.5, 0.6) is 11.5 Å². The van der Waals surface area contributed by atoms with Gasteiger partial charge in [-0.1, -0.05) is 19.8 Å². The van der Waals surface area contributed by atoms with Gasteiger partial charge in [-0.25, -0.2) is 8.78 Å². The van der Waals surface area contributed by atoms with Crippen LogP contribution in [0, 0.1) is 23.5 Å². The summed E-state index contributed by atoms with van der Waals surface area (Å²) in [5.74, 6) is 1.97. The third kappa shape index (κ3) is 4.33. The van der Waals surface area contributed by atoms with Crippen molar-refractivity contribution in [1.29, 1.82) is 0 Å². The maximum atomic E-state index is 15.3. The van der Waals surface area contributed by atoms with Crippen LogP contribution in [0.3, 0.4) is 0 Å². The summed E-state index contributed by atoms with van der Waals surface area (Å²) < 4.78 is 43.2. The number of hydrogen-bond donors (Lipinski definition) is 0. The Balaban J connectivity index is 1.34. The molecule has 1 heterocycles. The Morgan fingerprint density at radius 2 is 1.50 bits per heavy atom. The lowest BCUT2D eigenvalue weighted by Gasteiger charge is -2.27. The average Bonchev–Trinajstić information content (AvgIpc) is 3.45. The Morgan fingerprint density at radius 3 is 2.16 bits per heavy atom. The van der Waals surface area contributed by atoms with Crippen molar-refractivity contribution in [3.63, 3.8) is 0 Å². The molecule has 171 valence electrons. The predicted octanol–water partition coefficient (Wildman–Crippen LogP) is 8.60. The van der Waals surface area contributed by atoms with Crippen LogP contribution in [0.2, 0.25) is 0 Å². The smallest absolute Gasteiger partial charge is 0.182 e. The standard InChI is InChI=1S/C27H31F2O2S/c1-2-5-17-8-10-18(11-9-17)16-30-22-14-12-20-21-13-15-23(31-19-6-3-4-7-19)25(29)27(21)32-26(20)24(22)28/h12-15,17,19H,2-11,16H2,1H3. The molecule has 2 aromatic carbocycles. The van der Waals surface area contributed by atoms with Gasteiger partial charge in [0.1, 0.15) is 0 Å². The highest BCUT2D eigenvalue weighted by Gasteiger charge is 2.24. The molecule has 1 aromatic heterocycles. The Bertz CT molecular complexity index is 1080. The highest BCUT2D eigenvalue weighted by molar-refractivity contribution is 7.25. The minimum atomic E-state index is -0.387. The van der Waals surface area contributed by atoms with Crippen LogP contribution >= 0.6 is 11.3 Å². The van der Waals surface area contributed by atoms with Crippen molar-refractivity contribution in [2.24, 2.45) is 5.92 Å². The lowest BCUT2D eigenvalue weighted by Crippen LogP contribution is -2.18. The van der Waals surface area contributed by atoms with E-state index in [4.69, 9.17) is 9.47 Å². The second-order valence-corrected chi connectivity index (χ2v) is 10.4. The number of hydrogen-bond acceptors (Lipinski definition) is 3. The Hall–Kier alpha value is -1.88. The Labute approximate surface area is 192 Å². The summed E-state index contributed by atoms with van der Waals surface area (Å²) in [4.78, 5) is 0. The normalized spacial score (nSPS) is 18.7. The van der Waals surface area contributed by atoms with Gasteiger partial charge in [0.2, 0.25) is 0 Å². The summed E-state index contributed by atoms with van der Waals surface area (Å²) in [6.45, 7) is 2.71. The van der Waals surface area contributed by atoms with E-state index in [0.29, 0.717) is 16.0 Å². The fourth-order valence-corrected chi connectivity index (χ4v) is 6.46. The zero-order valence-corrected chi connectivity index (χ0v) is 19.5. The summed E-state index contributed by atoms with van der Waals surface area (Å²) in [6, 6.07) is 7.09. The molecule has 2 aliphatic rings. The number of ether oxygens (including phenoxy) is 2. The molecule has 0 unspecified atom stereocenters. The maximum absolute atomic E-state index is 15.3. The second-order valence-electron chi connectivity index (χ2n) is 9.41. The zero-order chi connectivity index (χ0) is 22.1. The second kappa shape index (κ2) is 9.54. The van der Waals surface area contributed by atoms with Crippen molar-refractivity contribution in [1.82, 2.24) is 0 Å². The molecule has 0 aliphatic heterocycles. The van der Waals surface area contributed by atoms with Crippen LogP contribution < -0.4 is 9.47 Å². The third-order valence-corrected chi connectivity index (χ3v) is 8.36. The summed E-state index contributed by atoms with van der Waals surface area (Å²) >= 11 is 1.15. The highest BCUT2D eigenvalue weighted by Crippen LogP contribution is 2.42. The molecule has 5 rings (SSSR count). The highest BCUT2D eigenvalue weighted by atomic mass is 32.1. The topological polar surface area (TPSA) is 18.5 Å². The van der Waals surface area contributed by atoms with Gasteiger partial charge in [-0.15, -0.1) is 11.3 Å². The van der Waals surface area contributed by atoms with Crippen LogP contribution in [-0.4, -0.2) is 12.7 Å². The number of fused-ring (bicyclic) bond motifs is 3. The van der Waals surface area contributed by atoms with Gasteiger partial charge in [-0.2, -0.15) is 0 Å². The molecule has 32 heavy (non-hydrogen) atoms. The van der Waals surface area contributed by atoms with Gasteiger partial charge in [-0.05, 0) is 81.5 Å². The quantitative estimate of drug-likeness (QED) is 0.354. The first-order valence-corrected chi connectivity index (χ1v) is 12.9. The molecule has 2 nitrogen and oxygen atoms in total. The monoisotopic (exact) mass is 457 g/mol. The molecule has 2 saturated carbocycles. The van der Waals surface area contributed by atoms with Crippen LogP contribution in [0.15, 0.2) is 24.3 Å². The van der Waals surface area contributed by atoms with E-state index in [0.717, 1.165) is 66.6 Å². The van der Waals surface area contributed by atoms with Gasteiger partial charge < -0.3 is 9.47 Å². The number of benzene rings is 2. The molecule has 0 atom stereocenters. The van der Waals surface area contributed by atoms with Crippen molar-refractivity contribution in [3.05, 3.63) is 41.8 Å². The average molecular weight is 458 g/mol. The van der Waals surface area contributed by atoms with E-state index in [1.54, 1.807) is 12.1 Å². The lowest BCUT2D eigenvalue weighted by molar-refractivity contribution is 0.201. The van der Waals surface area contributed by atoms with E-state index in [2.05, 4.69) is 6.92 Å². The van der Waals surface area contributed by atoms with Crippen molar-refractivity contribution in [2.45, 2.75) is 77.2 Å². The van der Waals surface area contributed by atoms with Crippen molar-refractivity contribution in [3.8, 4) is 11.5 Å². The molecule has 0 amide bonds. The predicted molar refractivity (Wildman–Crippen MR) is 128 cm³/mol. The van der Waals surface area contributed by atoms with Crippen LogP contribution in [0.1, 0.15) is 71.1 Å². The van der Waals surface area contributed by atoms with E-state index in [9.17, 15) is 0 Å². The Morgan fingerprint density at radius 1 is 0.875 bits per heavy atom. The molecule has 1 radical (unpaired) electrons. The van der Waals surface area contributed by atoms with Crippen LogP contribution in [0.4, 0.5) is 8.78 Å². The van der Waals surface area contributed by atoms with E-state index < -0.39 is 0 Å². The molecule has 2 aliphatic carbocycles. The first-order chi connectivity index (χ1) is 15.6. The first-order valence-electron chi connectivity index (χ1n) is 12.1. The molecular formula is C27H31F2O2S. The van der Waals surface area contributed by atoms with Gasteiger partial charge in [-0.3, -0.25) is 0 Å². The molecular weight excluding hydrogens is 426 g/mol. The zero-order valence-electron chi connectivity index (χ0n) is 18.7. The summed E-state index contributed by atoms with van der Waals surface area (Å²) in [5.41, 5.74) is 0. The SMILES string of the molecule is CCCC1CC[C](COc2ccc3c(sc4c(F)c(OC5CCCC5)ccc43)c2F)CC1. The minimum Gasteiger partial charge on any atom is -0.490 e. The van der Waals surface area contributed by atoms with Gasteiger partial charge in [0, 0.05) is 16.7 Å². The van der Waals surface area contributed by atoms with Gasteiger partial charge in [0.15, 0.2) is 23.1 Å². The van der Waals surface area contributed by atoms with Gasteiger partial charge >= 0.3 is 0 Å². The molecule has 2 fully saturated rings. The number of thiophene rings is 1. The number of halogens is 2. The first kappa shape index (κ1) is 21.9. The van der Waals surface area contributed by atoms with Crippen LogP contribution in [0.25, 0.3) is 20.2 Å². The van der Waals surface area contributed by atoms with Crippen LogP contribution in [-0.2, 0) is 0 Å². The molecule has 3 aromatic rings. The molecule has 5 heteroatoms. The molecule has 0 N–H and O–H groups in total.